The molecule has 0 atom stereocenters. The predicted octanol–water partition coefficient (Wildman–Crippen LogP) is 4.05. The zero-order valence-electron chi connectivity index (χ0n) is 17.7. The van der Waals surface area contributed by atoms with Crippen LogP contribution in [0, 0.1) is 0 Å². The van der Waals surface area contributed by atoms with E-state index in [1.54, 1.807) is 30.5 Å². The molecule has 8 heteroatoms. The molecule has 0 N–H and O–H groups in total. The highest BCUT2D eigenvalue weighted by molar-refractivity contribution is 7.89. The molecule has 3 aromatic rings. The Kier molecular flexibility index (Phi) is 7.59. The number of benzene rings is 2. The van der Waals surface area contributed by atoms with Crippen molar-refractivity contribution in [3.8, 4) is 11.3 Å². The molecule has 0 amide bonds. The number of aryl methyl sites for hydroxylation is 1. The number of esters is 1. The molecule has 0 saturated heterocycles. The number of carbonyl (C=O) groups excluding carboxylic acids is 1. The fourth-order valence-electron chi connectivity index (χ4n) is 3.11. The molecule has 7 nitrogen and oxygen atoms in total. The van der Waals surface area contributed by atoms with Gasteiger partial charge < -0.3 is 9.15 Å². The summed E-state index contributed by atoms with van der Waals surface area (Å²) in [6, 6.07) is 16.2. The van der Waals surface area contributed by atoms with Crippen molar-refractivity contribution in [1.29, 1.82) is 0 Å². The molecule has 1 heterocycles. The van der Waals surface area contributed by atoms with E-state index < -0.39 is 10.0 Å². The van der Waals surface area contributed by atoms with Crippen molar-refractivity contribution in [2.75, 3.05) is 13.1 Å². The quantitative estimate of drug-likeness (QED) is 0.440. The minimum atomic E-state index is -3.48. The van der Waals surface area contributed by atoms with E-state index in [0.29, 0.717) is 31.2 Å². The van der Waals surface area contributed by atoms with Gasteiger partial charge in [0.1, 0.15) is 0 Å². The molecule has 0 spiro atoms. The minimum Gasteiger partial charge on any atom is -0.456 e. The second-order valence-electron chi connectivity index (χ2n) is 6.88. The number of ether oxygens (including phenoxy) is 1. The minimum absolute atomic E-state index is 0.0350. The van der Waals surface area contributed by atoms with Crippen LogP contribution in [0.2, 0.25) is 0 Å². The Labute approximate surface area is 182 Å². The van der Waals surface area contributed by atoms with Gasteiger partial charge in [-0.3, -0.25) is 4.79 Å². The van der Waals surface area contributed by atoms with Crippen LogP contribution in [0.5, 0.6) is 0 Å². The molecule has 0 fully saturated rings. The van der Waals surface area contributed by atoms with Crippen LogP contribution >= 0.6 is 0 Å². The maximum absolute atomic E-state index is 12.5. The van der Waals surface area contributed by atoms with Crippen molar-refractivity contribution in [1.82, 2.24) is 9.29 Å². The third-order valence-corrected chi connectivity index (χ3v) is 6.92. The summed E-state index contributed by atoms with van der Waals surface area (Å²) in [5.74, 6) is 0.573. The van der Waals surface area contributed by atoms with Crippen molar-refractivity contribution < 1.29 is 22.4 Å². The number of sulfonamides is 1. The zero-order chi connectivity index (χ0) is 22.3. The van der Waals surface area contributed by atoms with Crippen LogP contribution in [-0.4, -0.2) is 36.8 Å². The van der Waals surface area contributed by atoms with Gasteiger partial charge in [-0.1, -0.05) is 56.3 Å². The first-order chi connectivity index (χ1) is 14.9. The summed E-state index contributed by atoms with van der Waals surface area (Å²) >= 11 is 0. The predicted molar refractivity (Wildman–Crippen MR) is 117 cm³/mol. The number of oxazole rings is 1. The fourth-order valence-corrected chi connectivity index (χ4v) is 4.57. The van der Waals surface area contributed by atoms with Crippen molar-refractivity contribution in [2.24, 2.45) is 0 Å². The molecule has 0 bridgehead atoms. The maximum Gasteiger partial charge on any atom is 0.306 e. The maximum atomic E-state index is 12.5. The van der Waals surface area contributed by atoms with Crippen LogP contribution in [0.15, 0.2) is 70.1 Å². The van der Waals surface area contributed by atoms with Crippen molar-refractivity contribution >= 4 is 16.0 Å². The monoisotopic (exact) mass is 442 g/mol. The zero-order valence-corrected chi connectivity index (χ0v) is 18.5. The SMILES string of the molecule is CCN(CC)S(=O)(=O)c1ccc(CCC(=O)OCc2ncc(-c3ccccc3)o2)cc1. The third kappa shape index (κ3) is 5.80. The molecular formula is C23H26N2O5S. The van der Waals surface area contributed by atoms with E-state index in [-0.39, 0.29) is 23.9 Å². The molecule has 2 aromatic carbocycles. The van der Waals surface area contributed by atoms with Gasteiger partial charge in [-0.25, -0.2) is 13.4 Å². The number of rotatable bonds is 10. The lowest BCUT2D eigenvalue weighted by molar-refractivity contribution is -0.145. The molecule has 0 aliphatic rings. The topological polar surface area (TPSA) is 89.7 Å². The van der Waals surface area contributed by atoms with Crippen LogP contribution in [0.3, 0.4) is 0 Å². The lowest BCUT2D eigenvalue weighted by atomic mass is 10.1. The van der Waals surface area contributed by atoms with Crippen LogP contribution in [0.4, 0.5) is 0 Å². The van der Waals surface area contributed by atoms with Gasteiger partial charge in [0, 0.05) is 25.1 Å². The van der Waals surface area contributed by atoms with Gasteiger partial charge in [0.25, 0.3) is 0 Å². The molecule has 0 radical (unpaired) electrons. The van der Waals surface area contributed by atoms with Crippen LogP contribution in [0.1, 0.15) is 31.7 Å². The van der Waals surface area contributed by atoms with Crippen molar-refractivity contribution in [3.63, 3.8) is 0 Å². The lowest BCUT2D eigenvalue weighted by Crippen LogP contribution is -2.30. The van der Waals surface area contributed by atoms with Gasteiger partial charge in [0.2, 0.25) is 15.9 Å². The highest BCUT2D eigenvalue weighted by Gasteiger charge is 2.21. The first kappa shape index (κ1) is 22.7. The standard InChI is InChI=1S/C23H26N2O5S/c1-3-25(4-2)31(27,28)20-13-10-18(11-14-20)12-15-23(26)29-17-22-24-16-21(30-22)19-8-6-5-7-9-19/h5-11,13-14,16H,3-4,12,15,17H2,1-2H3. The summed E-state index contributed by atoms with van der Waals surface area (Å²) in [7, 11) is -3.48. The average Bonchev–Trinajstić information content (AvgIpc) is 3.27. The average molecular weight is 443 g/mol. The Morgan fingerprint density at radius 3 is 2.35 bits per heavy atom. The number of hydrogen-bond donors (Lipinski definition) is 0. The van der Waals surface area contributed by atoms with E-state index in [2.05, 4.69) is 4.98 Å². The van der Waals surface area contributed by atoms with E-state index in [1.165, 1.54) is 4.31 Å². The largest absolute Gasteiger partial charge is 0.456 e. The van der Waals surface area contributed by atoms with Crippen LogP contribution in [-0.2, 0) is 32.6 Å². The summed E-state index contributed by atoms with van der Waals surface area (Å²) in [6.07, 6.45) is 2.23. The highest BCUT2D eigenvalue weighted by atomic mass is 32.2. The van der Waals surface area contributed by atoms with Crippen molar-refractivity contribution in [2.45, 2.75) is 38.2 Å². The molecule has 164 valence electrons. The van der Waals surface area contributed by atoms with E-state index in [1.807, 2.05) is 44.2 Å². The molecule has 1 aromatic heterocycles. The first-order valence-electron chi connectivity index (χ1n) is 10.2. The Hall–Kier alpha value is -2.97. The first-order valence-corrected chi connectivity index (χ1v) is 11.6. The molecular weight excluding hydrogens is 416 g/mol. The van der Waals surface area contributed by atoms with E-state index in [4.69, 9.17) is 9.15 Å². The number of nitrogens with zero attached hydrogens (tertiary/aromatic N) is 2. The third-order valence-electron chi connectivity index (χ3n) is 4.85. The summed E-state index contributed by atoms with van der Waals surface area (Å²) in [5, 5.41) is 0. The van der Waals surface area contributed by atoms with E-state index in [0.717, 1.165) is 11.1 Å². The fraction of sp³-hybridized carbons (Fsp3) is 0.304. The highest BCUT2D eigenvalue weighted by Crippen LogP contribution is 2.20. The summed E-state index contributed by atoms with van der Waals surface area (Å²) in [4.78, 5) is 16.5. The second-order valence-corrected chi connectivity index (χ2v) is 8.82. The van der Waals surface area contributed by atoms with Gasteiger partial charge in [0.05, 0.1) is 11.1 Å². The Bertz CT molecular complexity index is 1090. The summed E-state index contributed by atoms with van der Waals surface area (Å²) in [5.41, 5.74) is 1.76. The molecule has 0 aliphatic carbocycles. The number of carbonyl (C=O) groups is 1. The summed E-state index contributed by atoms with van der Waals surface area (Å²) in [6.45, 7) is 4.42. The lowest BCUT2D eigenvalue weighted by Gasteiger charge is -2.18. The molecule has 31 heavy (non-hydrogen) atoms. The smallest absolute Gasteiger partial charge is 0.306 e. The van der Waals surface area contributed by atoms with Crippen LogP contribution < -0.4 is 0 Å². The van der Waals surface area contributed by atoms with Gasteiger partial charge in [-0.05, 0) is 24.1 Å². The van der Waals surface area contributed by atoms with Gasteiger partial charge in [0.15, 0.2) is 12.4 Å². The van der Waals surface area contributed by atoms with Gasteiger partial charge in [-0.15, -0.1) is 0 Å². The molecule has 0 aliphatic heterocycles. The Morgan fingerprint density at radius 1 is 1.03 bits per heavy atom. The van der Waals surface area contributed by atoms with E-state index >= 15 is 0 Å². The Balaban J connectivity index is 1.49. The second kappa shape index (κ2) is 10.4. The normalized spacial score (nSPS) is 11.6. The number of aromatic nitrogens is 1. The van der Waals surface area contributed by atoms with E-state index in [9.17, 15) is 13.2 Å². The summed E-state index contributed by atoms with van der Waals surface area (Å²) < 4.78 is 37.3. The van der Waals surface area contributed by atoms with Crippen molar-refractivity contribution in [3.05, 3.63) is 72.2 Å². The number of hydrogen-bond acceptors (Lipinski definition) is 6. The Morgan fingerprint density at radius 2 is 1.71 bits per heavy atom. The van der Waals surface area contributed by atoms with Gasteiger partial charge in [-0.2, -0.15) is 4.31 Å². The van der Waals surface area contributed by atoms with Crippen LogP contribution in [0.25, 0.3) is 11.3 Å². The van der Waals surface area contributed by atoms with Gasteiger partial charge >= 0.3 is 5.97 Å². The molecule has 0 saturated carbocycles. The molecule has 3 rings (SSSR count). The molecule has 0 unspecified atom stereocenters.